The van der Waals surface area contributed by atoms with Crippen molar-refractivity contribution in [3.8, 4) is 0 Å². The van der Waals surface area contributed by atoms with Crippen LogP contribution in [0.3, 0.4) is 0 Å². The van der Waals surface area contributed by atoms with Gasteiger partial charge in [0.15, 0.2) is 0 Å². The van der Waals surface area contributed by atoms with Crippen LogP contribution in [0.1, 0.15) is 41.6 Å². The van der Waals surface area contributed by atoms with E-state index < -0.39 is 0 Å². The first-order valence-corrected chi connectivity index (χ1v) is 9.17. The third-order valence-corrected chi connectivity index (χ3v) is 4.93. The Labute approximate surface area is 155 Å². The molecule has 1 N–H and O–H groups in total. The first kappa shape index (κ1) is 17.6. The number of nitrogens with one attached hydrogen (secondary N) is 1. The van der Waals surface area contributed by atoms with Crippen LogP contribution >= 0.6 is 11.6 Å². The fourth-order valence-corrected chi connectivity index (χ4v) is 3.35. The standard InChI is InChI=1S/C22H25ClN2/c1-4-22(19-7-8-21(23)17(3)13-19)24-20-12-16(2)11-18(14-20)15-25-9-5-6-10-25/h5-14,22,24H,4,15H2,1-3H3. The second-order valence-electron chi connectivity index (χ2n) is 6.68. The molecule has 1 heterocycles. The highest BCUT2D eigenvalue weighted by Gasteiger charge is 2.11. The average Bonchev–Trinajstić information content (AvgIpc) is 3.07. The Hall–Kier alpha value is -2.19. The van der Waals surface area contributed by atoms with Crippen molar-refractivity contribution in [1.29, 1.82) is 0 Å². The molecule has 25 heavy (non-hydrogen) atoms. The van der Waals surface area contributed by atoms with E-state index in [1.807, 2.05) is 6.07 Å². The number of nitrogens with zero attached hydrogens (tertiary/aromatic N) is 1. The van der Waals surface area contributed by atoms with Crippen LogP contribution in [0.15, 0.2) is 60.9 Å². The maximum atomic E-state index is 6.18. The molecule has 1 atom stereocenters. The fourth-order valence-electron chi connectivity index (χ4n) is 3.23. The summed E-state index contributed by atoms with van der Waals surface area (Å²) in [6.07, 6.45) is 5.21. The molecule has 1 unspecified atom stereocenters. The minimum Gasteiger partial charge on any atom is -0.378 e. The van der Waals surface area contributed by atoms with Gasteiger partial charge >= 0.3 is 0 Å². The van der Waals surface area contributed by atoms with Gasteiger partial charge < -0.3 is 9.88 Å². The molecule has 0 saturated heterocycles. The van der Waals surface area contributed by atoms with Gasteiger partial charge in [-0.25, -0.2) is 0 Å². The Kier molecular flexibility index (Phi) is 5.50. The molecule has 0 aliphatic carbocycles. The number of hydrogen-bond donors (Lipinski definition) is 1. The highest BCUT2D eigenvalue weighted by atomic mass is 35.5. The highest BCUT2D eigenvalue weighted by molar-refractivity contribution is 6.31. The zero-order chi connectivity index (χ0) is 17.8. The summed E-state index contributed by atoms with van der Waals surface area (Å²) in [5.74, 6) is 0. The van der Waals surface area contributed by atoms with Crippen molar-refractivity contribution in [3.05, 3.63) is 88.2 Å². The largest absolute Gasteiger partial charge is 0.378 e. The Balaban J connectivity index is 1.82. The third-order valence-electron chi connectivity index (χ3n) is 4.50. The van der Waals surface area contributed by atoms with E-state index in [-0.39, 0.29) is 6.04 Å². The maximum Gasteiger partial charge on any atom is 0.0511 e. The first-order valence-electron chi connectivity index (χ1n) is 8.79. The second kappa shape index (κ2) is 7.79. The molecule has 2 aromatic carbocycles. The number of anilines is 1. The molecule has 2 nitrogen and oxygen atoms in total. The van der Waals surface area contributed by atoms with E-state index in [4.69, 9.17) is 11.6 Å². The van der Waals surface area contributed by atoms with Crippen molar-refractivity contribution in [2.24, 2.45) is 0 Å². The monoisotopic (exact) mass is 352 g/mol. The molecule has 0 bridgehead atoms. The molecule has 0 spiro atoms. The van der Waals surface area contributed by atoms with E-state index in [1.165, 1.54) is 22.4 Å². The lowest BCUT2D eigenvalue weighted by Gasteiger charge is -2.21. The number of hydrogen-bond acceptors (Lipinski definition) is 1. The van der Waals surface area contributed by atoms with E-state index in [2.05, 4.69) is 85.5 Å². The van der Waals surface area contributed by atoms with Crippen LogP contribution in [0.25, 0.3) is 0 Å². The van der Waals surface area contributed by atoms with Crippen molar-refractivity contribution < 1.29 is 0 Å². The van der Waals surface area contributed by atoms with Gasteiger partial charge in [-0.3, -0.25) is 0 Å². The molecule has 0 fully saturated rings. The molecule has 3 aromatic rings. The number of aryl methyl sites for hydroxylation is 2. The highest BCUT2D eigenvalue weighted by Crippen LogP contribution is 2.27. The molecule has 0 amide bonds. The first-order chi connectivity index (χ1) is 12.0. The summed E-state index contributed by atoms with van der Waals surface area (Å²) in [6.45, 7) is 7.30. The van der Waals surface area contributed by atoms with Crippen LogP contribution in [0, 0.1) is 13.8 Å². The minimum absolute atomic E-state index is 0.275. The Morgan fingerprint density at radius 2 is 1.80 bits per heavy atom. The van der Waals surface area contributed by atoms with Crippen LogP contribution in [0.2, 0.25) is 5.02 Å². The SMILES string of the molecule is CCC(Nc1cc(C)cc(Cn2cccc2)c1)c1ccc(Cl)c(C)c1. The van der Waals surface area contributed by atoms with E-state index in [9.17, 15) is 0 Å². The molecule has 3 heteroatoms. The molecule has 0 aliphatic rings. The molecule has 0 radical (unpaired) electrons. The van der Waals surface area contributed by atoms with Crippen molar-refractivity contribution in [3.63, 3.8) is 0 Å². The van der Waals surface area contributed by atoms with Gasteiger partial charge in [-0.2, -0.15) is 0 Å². The quantitative estimate of drug-likeness (QED) is 0.545. The van der Waals surface area contributed by atoms with Crippen molar-refractivity contribution in [2.45, 2.75) is 39.8 Å². The molecular weight excluding hydrogens is 328 g/mol. The fraction of sp³-hybridized carbons (Fsp3) is 0.273. The van der Waals surface area contributed by atoms with Crippen LogP contribution in [0.4, 0.5) is 5.69 Å². The average molecular weight is 353 g/mol. The molecule has 0 saturated carbocycles. The summed E-state index contributed by atoms with van der Waals surface area (Å²) >= 11 is 6.18. The molecular formula is C22H25ClN2. The van der Waals surface area contributed by atoms with Gasteiger partial charge in [0, 0.05) is 29.6 Å². The predicted octanol–water partition coefficient (Wildman–Crippen LogP) is 6.37. The van der Waals surface area contributed by atoms with E-state index in [1.54, 1.807) is 0 Å². The van der Waals surface area contributed by atoms with Crippen molar-refractivity contribution in [2.75, 3.05) is 5.32 Å². The number of rotatable bonds is 6. The Morgan fingerprint density at radius 1 is 1.04 bits per heavy atom. The minimum atomic E-state index is 0.275. The number of benzene rings is 2. The number of halogens is 1. The Morgan fingerprint density at radius 3 is 2.48 bits per heavy atom. The van der Waals surface area contributed by atoms with E-state index in [0.717, 1.165) is 23.6 Å². The molecule has 0 aliphatic heterocycles. The van der Waals surface area contributed by atoms with Gasteiger partial charge in [-0.15, -0.1) is 0 Å². The van der Waals surface area contributed by atoms with Crippen LogP contribution < -0.4 is 5.32 Å². The van der Waals surface area contributed by atoms with Gasteiger partial charge in [0.05, 0.1) is 6.04 Å². The zero-order valence-electron chi connectivity index (χ0n) is 15.1. The molecule has 3 rings (SSSR count). The molecule has 1 aromatic heterocycles. The lowest BCUT2D eigenvalue weighted by molar-refractivity contribution is 0.747. The van der Waals surface area contributed by atoms with Gasteiger partial charge in [-0.1, -0.05) is 36.7 Å². The van der Waals surface area contributed by atoms with Gasteiger partial charge in [0.2, 0.25) is 0 Å². The normalized spacial score (nSPS) is 12.2. The smallest absolute Gasteiger partial charge is 0.0511 e. The summed E-state index contributed by atoms with van der Waals surface area (Å²) < 4.78 is 2.19. The summed E-state index contributed by atoms with van der Waals surface area (Å²) in [7, 11) is 0. The van der Waals surface area contributed by atoms with E-state index >= 15 is 0 Å². The summed E-state index contributed by atoms with van der Waals surface area (Å²) in [6, 6.07) is 17.4. The van der Waals surface area contributed by atoms with Crippen molar-refractivity contribution in [1.82, 2.24) is 4.57 Å². The van der Waals surface area contributed by atoms with Gasteiger partial charge in [0.1, 0.15) is 0 Å². The third kappa shape index (κ3) is 4.46. The Bertz CT molecular complexity index is 837. The van der Waals surface area contributed by atoms with E-state index in [0.29, 0.717) is 0 Å². The summed E-state index contributed by atoms with van der Waals surface area (Å²) in [5.41, 5.74) is 6.14. The van der Waals surface area contributed by atoms with Gasteiger partial charge in [-0.05, 0) is 72.9 Å². The van der Waals surface area contributed by atoms with Crippen LogP contribution in [-0.2, 0) is 6.54 Å². The van der Waals surface area contributed by atoms with Crippen molar-refractivity contribution >= 4 is 17.3 Å². The van der Waals surface area contributed by atoms with Crippen LogP contribution in [0.5, 0.6) is 0 Å². The lowest BCUT2D eigenvalue weighted by atomic mass is 10.0. The van der Waals surface area contributed by atoms with Gasteiger partial charge in [0.25, 0.3) is 0 Å². The zero-order valence-corrected chi connectivity index (χ0v) is 15.8. The van der Waals surface area contributed by atoms with Crippen LogP contribution in [-0.4, -0.2) is 4.57 Å². The number of aromatic nitrogens is 1. The summed E-state index contributed by atoms with van der Waals surface area (Å²) in [4.78, 5) is 0. The predicted molar refractivity (Wildman–Crippen MR) is 108 cm³/mol. The lowest BCUT2D eigenvalue weighted by Crippen LogP contribution is -2.10. The second-order valence-corrected chi connectivity index (χ2v) is 7.08. The summed E-state index contributed by atoms with van der Waals surface area (Å²) in [5, 5.41) is 4.52. The topological polar surface area (TPSA) is 17.0 Å². The maximum absolute atomic E-state index is 6.18. The molecule has 130 valence electrons.